The number of imidazole rings is 1. The van der Waals surface area contributed by atoms with Gasteiger partial charge in [-0.3, -0.25) is 4.57 Å². The number of hydrogen-bond acceptors (Lipinski definition) is 9. The van der Waals surface area contributed by atoms with E-state index < -0.39 is 36.3 Å². The molecule has 1 aliphatic heterocycles. The molecule has 50 heavy (non-hydrogen) atoms. The first-order chi connectivity index (χ1) is 24.5. The molecular weight excluding hydrogens is 637 g/mol. The highest BCUT2D eigenvalue weighted by Crippen LogP contribution is 2.44. The lowest BCUT2D eigenvalue weighted by molar-refractivity contribution is -0.170. The summed E-state index contributed by atoms with van der Waals surface area (Å²) in [6.45, 7) is 4.43. The van der Waals surface area contributed by atoms with Crippen molar-refractivity contribution in [1.82, 2.24) is 19.5 Å². The summed E-state index contributed by atoms with van der Waals surface area (Å²) in [7, 11) is 1.64. The molecule has 264 valence electrons. The quantitative estimate of drug-likeness (QED) is 0.0804. The summed E-state index contributed by atoms with van der Waals surface area (Å²) in [5.74, 6) is 1.17. The van der Waals surface area contributed by atoms with Crippen LogP contribution in [0.5, 0.6) is 5.75 Å². The minimum Gasteiger partial charge on any atom is -0.497 e. The van der Waals surface area contributed by atoms with Crippen LogP contribution in [0.1, 0.15) is 62.4 Å². The summed E-state index contributed by atoms with van der Waals surface area (Å²) >= 11 is 0. The van der Waals surface area contributed by atoms with Crippen LogP contribution in [0.15, 0.2) is 97.6 Å². The maximum absolute atomic E-state index is 16.6. The largest absolute Gasteiger partial charge is 0.497 e. The molecule has 0 radical (unpaired) electrons. The van der Waals surface area contributed by atoms with Crippen molar-refractivity contribution >= 4 is 17.0 Å². The highest BCUT2D eigenvalue weighted by molar-refractivity contribution is 5.84. The minimum atomic E-state index is -1.63. The van der Waals surface area contributed by atoms with Crippen LogP contribution in [-0.4, -0.2) is 76.0 Å². The van der Waals surface area contributed by atoms with Crippen LogP contribution in [0.25, 0.3) is 11.2 Å². The van der Waals surface area contributed by atoms with Crippen molar-refractivity contribution in [3.8, 4) is 5.75 Å². The van der Waals surface area contributed by atoms with Crippen molar-refractivity contribution in [3.05, 3.63) is 114 Å². The highest BCUT2D eigenvalue weighted by Gasteiger charge is 2.58. The third kappa shape index (κ3) is 6.83. The second-order valence-electron chi connectivity index (χ2n) is 12.6. The average molecular weight is 684 g/mol. The fraction of sp³-hybridized carbons (Fsp3) is 0.410. The van der Waals surface area contributed by atoms with Gasteiger partial charge < -0.3 is 29.4 Å². The van der Waals surface area contributed by atoms with E-state index in [0.29, 0.717) is 30.2 Å². The lowest BCUT2D eigenvalue weighted by atomic mass is 9.77. The zero-order chi connectivity index (χ0) is 35.0. The number of methoxy groups -OCH3 is 1. The number of nitrogens with zero attached hydrogens (tertiary/aromatic N) is 4. The number of alkyl halides is 1. The van der Waals surface area contributed by atoms with Crippen molar-refractivity contribution in [3.63, 3.8) is 0 Å². The Morgan fingerprint density at radius 2 is 1.52 bits per heavy atom. The Kier molecular flexibility index (Phi) is 11.4. The van der Waals surface area contributed by atoms with Gasteiger partial charge in [0.1, 0.15) is 29.3 Å². The van der Waals surface area contributed by atoms with E-state index in [0.717, 1.165) is 48.1 Å². The van der Waals surface area contributed by atoms with Gasteiger partial charge in [-0.1, -0.05) is 99.5 Å². The predicted molar refractivity (Wildman–Crippen MR) is 190 cm³/mol. The van der Waals surface area contributed by atoms with E-state index in [1.165, 1.54) is 12.7 Å². The van der Waals surface area contributed by atoms with E-state index >= 15 is 4.39 Å². The van der Waals surface area contributed by atoms with E-state index in [1.807, 2.05) is 67.6 Å². The normalized spacial score (nSPS) is 20.7. The molecule has 0 saturated carbocycles. The zero-order valence-electron chi connectivity index (χ0n) is 28.9. The van der Waals surface area contributed by atoms with Gasteiger partial charge in [0.05, 0.1) is 26.7 Å². The van der Waals surface area contributed by atoms with Crippen molar-refractivity contribution < 1.29 is 28.4 Å². The summed E-state index contributed by atoms with van der Waals surface area (Å²) in [4.78, 5) is 14.0. The molecule has 3 heterocycles. The van der Waals surface area contributed by atoms with Crippen LogP contribution in [0, 0.1) is 0 Å². The lowest BCUT2D eigenvalue weighted by Crippen LogP contribution is -2.51. The van der Waals surface area contributed by atoms with Gasteiger partial charge in [-0.05, 0) is 41.7 Å². The highest BCUT2D eigenvalue weighted by atomic mass is 19.1. The number of halogens is 1. The molecule has 2 aromatic heterocycles. The fourth-order valence-electron chi connectivity index (χ4n) is 6.64. The molecule has 1 aliphatic rings. The maximum Gasteiger partial charge on any atom is 0.174 e. The molecule has 2 N–H and O–H groups in total. The van der Waals surface area contributed by atoms with Gasteiger partial charge >= 0.3 is 0 Å². The fourth-order valence-corrected chi connectivity index (χ4v) is 6.64. The molecule has 1 saturated heterocycles. The van der Waals surface area contributed by atoms with E-state index in [4.69, 9.17) is 23.9 Å². The SMILES string of the molecule is CCCCOC[C@@]1(CO)O[C@@H](n2cnc3c(NC(c4ccccc4)(c4ccccc4)c4ccc(OC)cc4)ncnc32)[C@H](F)[C@@H]1OCCCC. The van der Waals surface area contributed by atoms with E-state index in [-0.39, 0.29) is 6.61 Å². The Morgan fingerprint density at radius 3 is 2.14 bits per heavy atom. The Morgan fingerprint density at radius 1 is 0.880 bits per heavy atom. The second-order valence-corrected chi connectivity index (χ2v) is 12.6. The van der Waals surface area contributed by atoms with Gasteiger partial charge in [0, 0.05) is 13.2 Å². The summed E-state index contributed by atoms with van der Waals surface area (Å²) < 4.78 is 42.0. The van der Waals surface area contributed by atoms with Gasteiger partial charge in [0.25, 0.3) is 0 Å². The molecule has 0 spiro atoms. The maximum atomic E-state index is 16.6. The molecule has 0 bridgehead atoms. The van der Waals surface area contributed by atoms with E-state index in [2.05, 4.69) is 46.5 Å². The summed E-state index contributed by atoms with van der Waals surface area (Å²) in [6.07, 6.45) is 2.50. The third-order valence-corrected chi connectivity index (χ3v) is 9.36. The topological polar surface area (TPSA) is 113 Å². The van der Waals surface area contributed by atoms with Gasteiger partial charge in [-0.15, -0.1) is 0 Å². The number of ether oxygens (including phenoxy) is 4. The number of hydrogen-bond donors (Lipinski definition) is 2. The van der Waals surface area contributed by atoms with Crippen LogP contribution in [0.2, 0.25) is 0 Å². The van der Waals surface area contributed by atoms with Crippen molar-refractivity contribution in [2.45, 2.75) is 69.2 Å². The van der Waals surface area contributed by atoms with Gasteiger partial charge in [-0.2, -0.15) is 0 Å². The minimum absolute atomic E-state index is 0.00976. The molecule has 10 nitrogen and oxygen atoms in total. The van der Waals surface area contributed by atoms with Gasteiger partial charge in [0.2, 0.25) is 0 Å². The Hall–Kier alpha value is -4.42. The summed E-state index contributed by atoms with van der Waals surface area (Å²) in [5.41, 5.74) is 1.34. The first-order valence-corrected chi connectivity index (χ1v) is 17.3. The number of benzene rings is 3. The molecule has 0 unspecified atom stereocenters. The molecule has 1 fully saturated rings. The monoisotopic (exact) mass is 683 g/mol. The zero-order valence-corrected chi connectivity index (χ0v) is 28.9. The third-order valence-electron chi connectivity index (χ3n) is 9.36. The Balaban J connectivity index is 1.43. The van der Waals surface area contributed by atoms with Crippen LogP contribution < -0.4 is 10.1 Å². The molecule has 0 amide bonds. The number of nitrogens with one attached hydrogen (secondary N) is 1. The molecule has 3 aromatic carbocycles. The van der Waals surface area contributed by atoms with Crippen molar-refractivity contribution in [2.75, 3.05) is 38.9 Å². The van der Waals surface area contributed by atoms with E-state index in [1.54, 1.807) is 11.7 Å². The smallest absolute Gasteiger partial charge is 0.174 e. The first-order valence-electron chi connectivity index (χ1n) is 17.3. The number of rotatable bonds is 17. The summed E-state index contributed by atoms with van der Waals surface area (Å²) in [5, 5.41) is 14.4. The average Bonchev–Trinajstić information content (AvgIpc) is 3.72. The van der Waals surface area contributed by atoms with Crippen LogP contribution >= 0.6 is 0 Å². The molecule has 4 atom stereocenters. The van der Waals surface area contributed by atoms with Gasteiger partial charge in [0.15, 0.2) is 29.4 Å². The number of unbranched alkanes of at least 4 members (excludes halogenated alkanes) is 2. The lowest BCUT2D eigenvalue weighted by Gasteiger charge is -2.37. The van der Waals surface area contributed by atoms with Gasteiger partial charge in [-0.25, -0.2) is 19.3 Å². The van der Waals surface area contributed by atoms with Crippen LogP contribution in [-0.2, 0) is 19.7 Å². The molecule has 0 aliphatic carbocycles. The van der Waals surface area contributed by atoms with Crippen LogP contribution in [0.4, 0.5) is 10.2 Å². The number of aliphatic hydroxyl groups is 1. The van der Waals surface area contributed by atoms with Crippen molar-refractivity contribution in [2.24, 2.45) is 0 Å². The number of fused-ring (bicyclic) bond motifs is 1. The van der Waals surface area contributed by atoms with Crippen molar-refractivity contribution in [1.29, 1.82) is 0 Å². The Bertz CT molecular complexity index is 1750. The summed E-state index contributed by atoms with van der Waals surface area (Å²) in [6, 6.07) is 28.1. The standard InChI is InChI=1S/C39H46FN5O5/c1-4-6-22-48-25-38(24-46)34(49-23-7-5-2)32(40)37(50-38)45-27-43-33-35(41-26-42-36(33)45)44-39(28-14-10-8-11-15-28,29-16-12-9-13-17-29)30-18-20-31(47-3)21-19-30/h8-21,26-27,32,34,37,46H,4-7,22-25H2,1-3H3,(H,41,42,44)/t32-,34+,37-,38-/m1/s1. The molecule has 11 heteroatoms. The predicted octanol–water partition coefficient (Wildman–Crippen LogP) is 6.84. The first kappa shape index (κ1) is 35.4. The molecular formula is C39H46FN5O5. The molecule has 6 rings (SSSR count). The number of aromatic nitrogens is 4. The second kappa shape index (κ2) is 16.1. The Labute approximate surface area is 292 Å². The number of anilines is 1. The van der Waals surface area contributed by atoms with E-state index in [9.17, 15) is 5.11 Å². The van der Waals surface area contributed by atoms with Crippen LogP contribution in [0.3, 0.4) is 0 Å². The molecule has 5 aromatic rings. The number of aliphatic hydroxyl groups excluding tert-OH is 1.